The number of carbonyl (C=O) groups is 2. The van der Waals surface area contributed by atoms with Gasteiger partial charge in [-0.05, 0) is 42.7 Å². The normalized spacial score (nSPS) is 19.9. The first-order chi connectivity index (χ1) is 19.5. The summed E-state index contributed by atoms with van der Waals surface area (Å²) in [5.41, 5.74) is 3.09. The zero-order chi connectivity index (χ0) is 27.8. The molecule has 1 fully saturated rings. The number of fused-ring (bicyclic) bond motifs is 5. The molecule has 0 aliphatic carbocycles. The van der Waals surface area contributed by atoms with E-state index in [0.717, 1.165) is 53.5 Å². The molecule has 6 rings (SSSR count). The van der Waals surface area contributed by atoms with Gasteiger partial charge in [-0.15, -0.1) is 11.6 Å². The van der Waals surface area contributed by atoms with Crippen LogP contribution in [-0.4, -0.2) is 67.1 Å². The van der Waals surface area contributed by atoms with Crippen molar-refractivity contribution in [3.05, 3.63) is 53.6 Å². The molecule has 3 aromatic rings. The van der Waals surface area contributed by atoms with Crippen molar-refractivity contribution >= 4 is 45.6 Å². The number of benzene rings is 3. The number of phenols is 1. The van der Waals surface area contributed by atoms with Crippen LogP contribution in [0.5, 0.6) is 17.2 Å². The van der Waals surface area contributed by atoms with E-state index in [-0.39, 0.29) is 35.9 Å². The summed E-state index contributed by atoms with van der Waals surface area (Å²) < 4.78 is 11.6. The van der Waals surface area contributed by atoms with E-state index < -0.39 is 0 Å². The van der Waals surface area contributed by atoms with Gasteiger partial charge in [0, 0.05) is 61.4 Å². The van der Waals surface area contributed by atoms with Crippen molar-refractivity contribution < 1.29 is 24.2 Å². The molecular weight excluding hydrogens is 530 g/mol. The second kappa shape index (κ2) is 11.1. The van der Waals surface area contributed by atoms with Gasteiger partial charge < -0.3 is 29.7 Å². The molecule has 1 saturated heterocycles. The molecule has 0 radical (unpaired) electrons. The Kier molecular flexibility index (Phi) is 7.36. The largest absolute Gasteiger partial charge is 0.507 e. The number of hydrogen-bond acceptors (Lipinski definition) is 6. The summed E-state index contributed by atoms with van der Waals surface area (Å²) in [6.45, 7) is 2.29. The fraction of sp³-hybridized carbons (Fsp3) is 0.419. The minimum absolute atomic E-state index is 0.00146. The highest BCUT2D eigenvalue weighted by Gasteiger charge is 2.35. The molecule has 8 nitrogen and oxygen atoms in total. The molecule has 3 aliphatic heterocycles. The second-order valence-electron chi connectivity index (χ2n) is 10.8. The Morgan fingerprint density at radius 1 is 1.15 bits per heavy atom. The molecule has 0 saturated carbocycles. The standard InChI is InChI=1S/C31H34ClN3O5/c1-39-27-13-23-24(33-17-20-7-4-5-11-34(20)31(23)38)14-28(27)40-12-6-10-29(37)35-18-19(16-32)30-22-9-3-2-8-21(22)26(36)15-25(30)35/h2-3,8-9,13-15,19-20,33,36H,4-7,10-12,16-18H2,1H3/t19-,20+/m1/s1. The van der Waals surface area contributed by atoms with E-state index in [2.05, 4.69) is 5.32 Å². The minimum Gasteiger partial charge on any atom is -0.507 e. The van der Waals surface area contributed by atoms with E-state index in [1.807, 2.05) is 35.2 Å². The van der Waals surface area contributed by atoms with Crippen LogP contribution < -0.4 is 19.7 Å². The maximum absolute atomic E-state index is 13.3. The Morgan fingerprint density at radius 2 is 1.98 bits per heavy atom. The van der Waals surface area contributed by atoms with Crippen molar-refractivity contribution in [2.45, 2.75) is 44.1 Å². The number of aromatic hydroxyl groups is 1. The van der Waals surface area contributed by atoms with Crippen LogP contribution in [0.25, 0.3) is 10.8 Å². The molecule has 3 heterocycles. The number of piperidine rings is 1. The molecule has 9 heteroatoms. The number of methoxy groups -OCH3 is 1. The van der Waals surface area contributed by atoms with E-state index >= 15 is 0 Å². The average molecular weight is 564 g/mol. The molecule has 210 valence electrons. The Balaban J connectivity index is 1.13. The number of amides is 2. The SMILES string of the molecule is COc1cc2c(cc1OCCCC(=O)N1C[C@@H](CCl)c3c1cc(O)c1ccccc31)NC[C@@H]1CCCCN1C2=O. The van der Waals surface area contributed by atoms with Crippen LogP contribution in [-0.2, 0) is 4.79 Å². The van der Waals surface area contributed by atoms with Crippen molar-refractivity contribution in [1.82, 2.24) is 4.90 Å². The third-order valence-electron chi connectivity index (χ3n) is 8.37. The number of ether oxygens (including phenoxy) is 2. The van der Waals surface area contributed by atoms with Crippen LogP contribution in [0.4, 0.5) is 11.4 Å². The zero-order valence-electron chi connectivity index (χ0n) is 22.6. The lowest BCUT2D eigenvalue weighted by Crippen LogP contribution is -2.45. The van der Waals surface area contributed by atoms with Gasteiger partial charge in [-0.3, -0.25) is 9.59 Å². The molecular formula is C31H34ClN3O5. The number of hydrogen-bond donors (Lipinski definition) is 2. The summed E-state index contributed by atoms with van der Waals surface area (Å²) in [4.78, 5) is 30.3. The van der Waals surface area contributed by atoms with Crippen LogP contribution in [0.3, 0.4) is 0 Å². The van der Waals surface area contributed by atoms with Crippen molar-refractivity contribution in [1.29, 1.82) is 0 Å². The fourth-order valence-electron chi connectivity index (χ4n) is 6.35. The monoisotopic (exact) mass is 563 g/mol. The molecule has 0 bridgehead atoms. The zero-order valence-corrected chi connectivity index (χ0v) is 23.4. The third kappa shape index (κ3) is 4.68. The van der Waals surface area contributed by atoms with E-state index in [4.69, 9.17) is 21.1 Å². The summed E-state index contributed by atoms with van der Waals surface area (Å²) in [6, 6.07) is 13.1. The van der Waals surface area contributed by atoms with Gasteiger partial charge in [0.05, 0.1) is 30.7 Å². The van der Waals surface area contributed by atoms with Crippen LogP contribution in [0.1, 0.15) is 53.9 Å². The molecule has 2 atom stereocenters. The van der Waals surface area contributed by atoms with Crippen molar-refractivity contribution in [3.63, 3.8) is 0 Å². The number of phenolic OH excluding ortho intramolecular Hbond substituents is 1. The van der Waals surface area contributed by atoms with Crippen LogP contribution in [0.15, 0.2) is 42.5 Å². The molecule has 3 aromatic carbocycles. The maximum Gasteiger partial charge on any atom is 0.256 e. The number of anilines is 2. The number of nitrogens with zero attached hydrogens (tertiary/aromatic N) is 2. The van der Waals surface area contributed by atoms with Gasteiger partial charge in [-0.25, -0.2) is 0 Å². The molecule has 2 amide bonds. The number of nitrogens with one attached hydrogen (secondary N) is 1. The number of carbonyl (C=O) groups excluding carboxylic acids is 2. The Labute approximate surface area is 238 Å². The lowest BCUT2D eigenvalue weighted by atomic mass is 9.95. The lowest BCUT2D eigenvalue weighted by Gasteiger charge is -2.34. The quantitative estimate of drug-likeness (QED) is 0.291. The topological polar surface area (TPSA) is 91.3 Å². The van der Waals surface area contributed by atoms with Crippen LogP contribution in [0.2, 0.25) is 0 Å². The summed E-state index contributed by atoms with van der Waals surface area (Å²) in [5, 5.41) is 15.8. The minimum atomic E-state index is -0.0371. The fourth-order valence-corrected chi connectivity index (χ4v) is 6.60. The molecule has 40 heavy (non-hydrogen) atoms. The highest BCUT2D eigenvalue weighted by atomic mass is 35.5. The van der Waals surface area contributed by atoms with Gasteiger partial charge in [0.15, 0.2) is 11.5 Å². The van der Waals surface area contributed by atoms with Crippen molar-refractivity contribution in [3.8, 4) is 17.2 Å². The third-order valence-corrected chi connectivity index (χ3v) is 8.75. The van der Waals surface area contributed by atoms with Crippen molar-refractivity contribution in [2.75, 3.05) is 49.4 Å². The molecule has 0 unspecified atom stereocenters. The van der Waals surface area contributed by atoms with E-state index in [1.165, 1.54) is 0 Å². The Morgan fingerprint density at radius 3 is 2.77 bits per heavy atom. The van der Waals surface area contributed by atoms with Crippen LogP contribution in [0, 0.1) is 0 Å². The maximum atomic E-state index is 13.3. The predicted octanol–water partition coefficient (Wildman–Crippen LogP) is 5.50. The van der Waals surface area contributed by atoms with Gasteiger partial charge >= 0.3 is 0 Å². The van der Waals surface area contributed by atoms with Crippen LogP contribution >= 0.6 is 11.6 Å². The molecule has 2 N–H and O–H groups in total. The van der Waals surface area contributed by atoms with Gasteiger partial charge in [0.25, 0.3) is 5.91 Å². The first kappa shape index (κ1) is 26.6. The van der Waals surface area contributed by atoms with Gasteiger partial charge in [-0.2, -0.15) is 0 Å². The summed E-state index contributed by atoms with van der Waals surface area (Å²) in [6.07, 6.45) is 3.95. The summed E-state index contributed by atoms with van der Waals surface area (Å²) in [5.74, 6) is 1.58. The van der Waals surface area contributed by atoms with Crippen molar-refractivity contribution in [2.24, 2.45) is 0 Å². The first-order valence-corrected chi connectivity index (χ1v) is 14.5. The number of alkyl halides is 1. The van der Waals surface area contributed by atoms with Gasteiger partial charge in [0.2, 0.25) is 5.91 Å². The average Bonchev–Trinajstić information content (AvgIpc) is 3.30. The number of halogens is 1. The van der Waals surface area contributed by atoms with Gasteiger partial charge in [0.1, 0.15) is 5.75 Å². The Hall–Kier alpha value is -3.65. The Bertz CT molecular complexity index is 1460. The predicted molar refractivity (Wildman–Crippen MR) is 156 cm³/mol. The summed E-state index contributed by atoms with van der Waals surface area (Å²) >= 11 is 6.31. The lowest BCUT2D eigenvalue weighted by molar-refractivity contribution is -0.118. The smallest absolute Gasteiger partial charge is 0.256 e. The highest BCUT2D eigenvalue weighted by Crippen LogP contribution is 2.45. The summed E-state index contributed by atoms with van der Waals surface area (Å²) in [7, 11) is 1.56. The van der Waals surface area contributed by atoms with E-state index in [0.29, 0.717) is 49.1 Å². The first-order valence-electron chi connectivity index (χ1n) is 14.0. The van der Waals surface area contributed by atoms with E-state index in [1.54, 1.807) is 24.1 Å². The molecule has 3 aliphatic rings. The number of rotatable bonds is 7. The molecule has 0 aromatic heterocycles. The van der Waals surface area contributed by atoms with E-state index in [9.17, 15) is 14.7 Å². The molecule has 0 spiro atoms. The highest BCUT2D eigenvalue weighted by molar-refractivity contribution is 6.19. The van der Waals surface area contributed by atoms with Gasteiger partial charge in [-0.1, -0.05) is 24.3 Å². The second-order valence-corrected chi connectivity index (χ2v) is 11.1.